The lowest BCUT2D eigenvalue weighted by molar-refractivity contribution is -0.137. The van der Waals surface area contributed by atoms with Crippen LogP contribution in [-0.4, -0.2) is 33.5 Å². The SMILES string of the molecule is CCCCCCCCCCCCCCC(O)CCC(O)CCCCCCCCCCC(=O)O. The fourth-order valence-corrected chi connectivity index (χ4v) is 4.61. The Morgan fingerprint density at radius 3 is 1.12 bits per heavy atom. The van der Waals surface area contributed by atoms with E-state index >= 15 is 0 Å². The summed E-state index contributed by atoms with van der Waals surface area (Å²) in [6.07, 6.45) is 27.9. The maximum absolute atomic E-state index is 10.4. The van der Waals surface area contributed by atoms with E-state index in [4.69, 9.17) is 5.11 Å². The average molecular weight is 471 g/mol. The van der Waals surface area contributed by atoms with Gasteiger partial charge in [-0.05, 0) is 32.1 Å². The average Bonchev–Trinajstić information content (AvgIpc) is 2.79. The van der Waals surface area contributed by atoms with E-state index in [-0.39, 0.29) is 12.2 Å². The molecule has 198 valence electrons. The maximum atomic E-state index is 10.4. The normalized spacial score (nSPS) is 13.3. The lowest BCUT2D eigenvalue weighted by Crippen LogP contribution is -2.13. The third kappa shape index (κ3) is 27.5. The second-order valence-corrected chi connectivity index (χ2v) is 10.3. The van der Waals surface area contributed by atoms with Gasteiger partial charge in [0.05, 0.1) is 12.2 Å². The maximum Gasteiger partial charge on any atom is 0.303 e. The van der Waals surface area contributed by atoms with Crippen LogP contribution in [0.3, 0.4) is 0 Å². The molecule has 0 aliphatic heterocycles. The number of unbranched alkanes of at least 4 members (excludes halogenated alkanes) is 18. The van der Waals surface area contributed by atoms with Crippen LogP contribution >= 0.6 is 0 Å². The van der Waals surface area contributed by atoms with Crippen molar-refractivity contribution < 1.29 is 20.1 Å². The Labute approximate surface area is 206 Å². The van der Waals surface area contributed by atoms with Gasteiger partial charge < -0.3 is 15.3 Å². The zero-order chi connectivity index (χ0) is 24.4. The molecule has 0 heterocycles. The van der Waals surface area contributed by atoms with Crippen molar-refractivity contribution in [2.75, 3.05) is 0 Å². The monoisotopic (exact) mass is 470 g/mol. The number of carbonyl (C=O) groups is 1. The molecule has 33 heavy (non-hydrogen) atoms. The van der Waals surface area contributed by atoms with Crippen LogP contribution in [0.4, 0.5) is 0 Å². The zero-order valence-corrected chi connectivity index (χ0v) is 22.1. The standard InChI is InChI=1S/C29H58O4/c1-2-3-4-5-6-7-8-9-10-13-16-19-22-27(30)25-26-28(31)23-20-17-14-11-12-15-18-21-24-29(32)33/h27-28,30-31H,2-26H2,1H3,(H,32,33). The topological polar surface area (TPSA) is 77.8 Å². The summed E-state index contributed by atoms with van der Waals surface area (Å²) in [5.74, 6) is -0.689. The van der Waals surface area contributed by atoms with E-state index in [0.29, 0.717) is 6.42 Å². The summed E-state index contributed by atoms with van der Waals surface area (Å²) >= 11 is 0. The largest absolute Gasteiger partial charge is 0.481 e. The van der Waals surface area contributed by atoms with Gasteiger partial charge in [0.15, 0.2) is 0 Å². The quantitative estimate of drug-likeness (QED) is 0.105. The second-order valence-electron chi connectivity index (χ2n) is 10.3. The van der Waals surface area contributed by atoms with Gasteiger partial charge in [-0.1, -0.05) is 129 Å². The van der Waals surface area contributed by atoms with Crippen LogP contribution < -0.4 is 0 Å². The molecule has 0 aromatic heterocycles. The molecule has 3 N–H and O–H groups in total. The molecule has 0 aromatic rings. The van der Waals surface area contributed by atoms with Crippen LogP contribution in [0.5, 0.6) is 0 Å². The molecule has 2 unspecified atom stereocenters. The van der Waals surface area contributed by atoms with Gasteiger partial charge in [-0.2, -0.15) is 0 Å². The summed E-state index contributed by atoms with van der Waals surface area (Å²) < 4.78 is 0. The molecule has 4 nitrogen and oxygen atoms in total. The molecule has 0 amide bonds. The van der Waals surface area contributed by atoms with Crippen LogP contribution in [0.25, 0.3) is 0 Å². The Morgan fingerprint density at radius 1 is 0.485 bits per heavy atom. The molecule has 0 spiro atoms. The van der Waals surface area contributed by atoms with Gasteiger partial charge in [-0.15, -0.1) is 0 Å². The lowest BCUT2D eigenvalue weighted by atomic mass is 9.99. The third-order valence-corrected chi connectivity index (χ3v) is 6.90. The molecule has 0 radical (unpaired) electrons. The first-order valence-electron chi connectivity index (χ1n) is 14.6. The van der Waals surface area contributed by atoms with Crippen molar-refractivity contribution in [3.8, 4) is 0 Å². The minimum Gasteiger partial charge on any atom is -0.481 e. The number of aliphatic hydroxyl groups excluding tert-OH is 2. The predicted octanol–water partition coefficient (Wildman–Crippen LogP) is 8.57. The van der Waals surface area contributed by atoms with Crippen molar-refractivity contribution in [3.05, 3.63) is 0 Å². The zero-order valence-electron chi connectivity index (χ0n) is 22.1. The summed E-state index contributed by atoms with van der Waals surface area (Å²) in [6.45, 7) is 2.27. The van der Waals surface area contributed by atoms with Gasteiger partial charge in [-0.3, -0.25) is 4.79 Å². The number of carboxylic acids is 1. The number of hydrogen-bond donors (Lipinski definition) is 3. The number of rotatable bonds is 27. The first kappa shape index (κ1) is 32.4. The highest BCUT2D eigenvalue weighted by atomic mass is 16.4. The highest BCUT2D eigenvalue weighted by Gasteiger charge is 2.09. The molecule has 0 aromatic carbocycles. The Bertz CT molecular complexity index is 399. The van der Waals surface area contributed by atoms with E-state index in [1.165, 1.54) is 89.9 Å². The van der Waals surface area contributed by atoms with Gasteiger partial charge >= 0.3 is 5.97 Å². The van der Waals surface area contributed by atoms with Crippen molar-refractivity contribution in [1.82, 2.24) is 0 Å². The highest BCUT2D eigenvalue weighted by molar-refractivity contribution is 5.66. The van der Waals surface area contributed by atoms with Crippen molar-refractivity contribution in [2.45, 2.75) is 180 Å². The smallest absolute Gasteiger partial charge is 0.303 e. The fraction of sp³-hybridized carbons (Fsp3) is 0.966. The third-order valence-electron chi connectivity index (χ3n) is 6.90. The van der Waals surface area contributed by atoms with Crippen LogP contribution in [0.15, 0.2) is 0 Å². The summed E-state index contributed by atoms with van der Waals surface area (Å²) in [4.78, 5) is 10.4. The van der Waals surface area contributed by atoms with Crippen LogP contribution in [-0.2, 0) is 4.79 Å². The van der Waals surface area contributed by atoms with E-state index in [1.54, 1.807) is 0 Å². The van der Waals surface area contributed by atoms with Crippen molar-refractivity contribution in [1.29, 1.82) is 0 Å². The van der Waals surface area contributed by atoms with Gasteiger partial charge in [-0.25, -0.2) is 0 Å². The number of aliphatic hydroxyl groups is 2. The number of carboxylic acid groups (broad SMARTS) is 1. The molecule has 0 saturated carbocycles. The Morgan fingerprint density at radius 2 is 0.788 bits per heavy atom. The van der Waals surface area contributed by atoms with Crippen molar-refractivity contribution >= 4 is 5.97 Å². The summed E-state index contributed by atoms with van der Waals surface area (Å²) in [7, 11) is 0. The molecular formula is C29H58O4. The van der Waals surface area contributed by atoms with Crippen LogP contribution in [0.1, 0.15) is 167 Å². The molecular weight excluding hydrogens is 412 g/mol. The van der Waals surface area contributed by atoms with Gasteiger partial charge in [0.2, 0.25) is 0 Å². The minimum absolute atomic E-state index is 0.246. The van der Waals surface area contributed by atoms with E-state index in [9.17, 15) is 15.0 Å². The minimum atomic E-state index is -0.689. The Hall–Kier alpha value is -0.610. The fourth-order valence-electron chi connectivity index (χ4n) is 4.61. The first-order chi connectivity index (χ1) is 16.1. The first-order valence-corrected chi connectivity index (χ1v) is 14.6. The van der Waals surface area contributed by atoms with E-state index in [0.717, 1.165) is 64.2 Å². The molecule has 0 fully saturated rings. The van der Waals surface area contributed by atoms with Crippen LogP contribution in [0.2, 0.25) is 0 Å². The van der Waals surface area contributed by atoms with E-state index in [1.807, 2.05) is 0 Å². The van der Waals surface area contributed by atoms with Crippen LogP contribution in [0, 0.1) is 0 Å². The summed E-state index contributed by atoms with van der Waals surface area (Å²) in [5.41, 5.74) is 0. The summed E-state index contributed by atoms with van der Waals surface area (Å²) in [5, 5.41) is 28.9. The molecule has 0 saturated heterocycles. The second kappa shape index (κ2) is 26.0. The Kier molecular flexibility index (Phi) is 25.5. The van der Waals surface area contributed by atoms with Crippen molar-refractivity contribution in [3.63, 3.8) is 0 Å². The number of hydrogen-bond acceptors (Lipinski definition) is 3. The highest BCUT2D eigenvalue weighted by Crippen LogP contribution is 2.17. The molecule has 0 aliphatic rings. The van der Waals surface area contributed by atoms with Gasteiger partial charge in [0, 0.05) is 6.42 Å². The Balaban J connectivity index is 3.30. The van der Waals surface area contributed by atoms with Crippen molar-refractivity contribution in [2.24, 2.45) is 0 Å². The van der Waals surface area contributed by atoms with E-state index in [2.05, 4.69) is 6.92 Å². The molecule has 2 atom stereocenters. The summed E-state index contributed by atoms with van der Waals surface area (Å²) in [6, 6.07) is 0. The van der Waals surface area contributed by atoms with Gasteiger partial charge in [0.1, 0.15) is 0 Å². The van der Waals surface area contributed by atoms with E-state index < -0.39 is 5.97 Å². The van der Waals surface area contributed by atoms with Gasteiger partial charge in [0.25, 0.3) is 0 Å². The molecule has 4 heteroatoms. The number of aliphatic carboxylic acids is 1. The molecule has 0 bridgehead atoms. The predicted molar refractivity (Wildman–Crippen MR) is 141 cm³/mol. The molecule has 0 aliphatic carbocycles. The lowest BCUT2D eigenvalue weighted by Gasteiger charge is -2.14. The molecule has 0 rings (SSSR count).